The number of carboxylic acids is 1. The maximum absolute atomic E-state index is 11.6. The zero-order chi connectivity index (χ0) is 12.8. The predicted molar refractivity (Wildman–Crippen MR) is 61.3 cm³/mol. The number of aromatic nitrogens is 1. The molecule has 6 nitrogen and oxygen atoms in total. The third-order valence-electron chi connectivity index (χ3n) is 2.80. The minimum absolute atomic E-state index is 0.00868. The summed E-state index contributed by atoms with van der Waals surface area (Å²) in [7, 11) is -2.74. The Kier molecular flexibility index (Phi) is 3.04. The lowest BCUT2D eigenvalue weighted by Crippen LogP contribution is -2.10. The van der Waals surface area contributed by atoms with Crippen LogP contribution < -0.4 is 0 Å². The lowest BCUT2D eigenvalue weighted by molar-refractivity contribution is -0.138. The number of rotatable bonds is 3. The summed E-state index contributed by atoms with van der Waals surface area (Å²) in [6, 6.07) is 1.38. The summed E-state index contributed by atoms with van der Waals surface area (Å²) < 4.78 is 29.7. The van der Waals surface area contributed by atoms with Gasteiger partial charge in [-0.25, -0.2) is 0 Å². The van der Waals surface area contributed by atoms with Crippen molar-refractivity contribution in [1.82, 2.24) is 4.57 Å². The summed E-state index contributed by atoms with van der Waals surface area (Å²) in [5.41, 5.74) is 0.480. The van der Waals surface area contributed by atoms with Gasteiger partial charge in [-0.15, -0.1) is 0 Å². The highest BCUT2D eigenvalue weighted by Crippen LogP contribution is 2.38. The topological polar surface area (TPSA) is 85.6 Å². The average molecular weight is 324 g/mol. The van der Waals surface area contributed by atoms with Crippen molar-refractivity contribution in [3.63, 3.8) is 0 Å². The molecule has 1 unspecified atom stereocenters. The molecule has 0 saturated carbocycles. The number of hydrogen-bond acceptors (Lipinski definition) is 4. The molecule has 0 bridgehead atoms. The third-order valence-corrected chi connectivity index (χ3v) is 4.72. The fourth-order valence-corrected chi connectivity index (χ4v) is 3.77. The second-order valence-electron chi connectivity index (χ2n) is 3.67. The van der Waals surface area contributed by atoms with Crippen LogP contribution in [0.3, 0.4) is 0 Å². The zero-order valence-corrected chi connectivity index (χ0v) is 11.3. The van der Waals surface area contributed by atoms with Gasteiger partial charge in [0.2, 0.25) is 0 Å². The molecule has 8 heteroatoms. The van der Waals surface area contributed by atoms with Gasteiger partial charge in [-0.1, -0.05) is 0 Å². The second kappa shape index (κ2) is 4.11. The van der Waals surface area contributed by atoms with E-state index >= 15 is 0 Å². The summed E-state index contributed by atoms with van der Waals surface area (Å²) >= 11 is 3.19. The van der Waals surface area contributed by atoms with Crippen LogP contribution in [0.25, 0.3) is 0 Å². The average Bonchev–Trinajstić information content (AvgIpc) is 2.80. The summed E-state index contributed by atoms with van der Waals surface area (Å²) in [5.74, 6) is -1.63. The molecule has 0 radical (unpaired) electrons. The molecule has 0 fully saturated rings. The number of carbonyl (C=O) groups is 1. The highest BCUT2D eigenvalue weighted by atomic mass is 79.9. The molecule has 2 heterocycles. The molecule has 1 aliphatic heterocycles. The molecule has 1 aromatic rings. The molecule has 1 atom stereocenters. The van der Waals surface area contributed by atoms with E-state index in [2.05, 4.69) is 20.1 Å². The van der Waals surface area contributed by atoms with Gasteiger partial charge < -0.3 is 9.67 Å². The van der Waals surface area contributed by atoms with Gasteiger partial charge in [-0.2, -0.15) is 8.42 Å². The highest BCUT2D eigenvalue weighted by molar-refractivity contribution is 9.10. The number of carboxylic acid groups (broad SMARTS) is 1. The Labute approximate surface area is 106 Å². The number of nitrogens with zero attached hydrogens (tertiary/aromatic N) is 1. The fourth-order valence-electron chi connectivity index (χ4n) is 2.02. The molecule has 1 aromatic heterocycles. The van der Waals surface area contributed by atoms with E-state index in [4.69, 9.17) is 5.11 Å². The maximum atomic E-state index is 11.6. The zero-order valence-electron chi connectivity index (χ0n) is 8.88. The van der Waals surface area contributed by atoms with Crippen LogP contribution in [0.2, 0.25) is 0 Å². The monoisotopic (exact) mass is 323 g/mol. The van der Waals surface area contributed by atoms with Crippen molar-refractivity contribution in [2.45, 2.75) is 23.9 Å². The number of fused-ring (bicyclic) bond motifs is 1. The SMILES string of the molecule is COS(=O)(=O)c1cc(Br)c2n1CCC2C(=O)O. The molecule has 0 saturated heterocycles. The van der Waals surface area contributed by atoms with Crippen molar-refractivity contribution in [3.8, 4) is 0 Å². The van der Waals surface area contributed by atoms with Gasteiger partial charge in [0, 0.05) is 16.7 Å². The second-order valence-corrected chi connectivity index (χ2v) is 6.18. The van der Waals surface area contributed by atoms with Gasteiger partial charge in [-0.3, -0.25) is 8.98 Å². The van der Waals surface area contributed by atoms with E-state index < -0.39 is 22.0 Å². The highest BCUT2D eigenvalue weighted by Gasteiger charge is 2.35. The third kappa shape index (κ3) is 1.90. The largest absolute Gasteiger partial charge is 0.481 e. The molecule has 0 spiro atoms. The fraction of sp³-hybridized carbons (Fsp3) is 0.444. The Morgan fingerprint density at radius 1 is 1.65 bits per heavy atom. The van der Waals surface area contributed by atoms with Crippen molar-refractivity contribution < 1.29 is 22.5 Å². The van der Waals surface area contributed by atoms with Gasteiger partial charge in [0.05, 0.1) is 13.0 Å². The van der Waals surface area contributed by atoms with Crippen molar-refractivity contribution >= 4 is 32.0 Å². The molecule has 0 aliphatic carbocycles. The van der Waals surface area contributed by atoms with E-state index in [9.17, 15) is 13.2 Å². The summed E-state index contributed by atoms with van der Waals surface area (Å²) in [6.07, 6.45) is 0.385. The molecule has 17 heavy (non-hydrogen) atoms. The quantitative estimate of drug-likeness (QED) is 0.843. The van der Waals surface area contributed by atoms with Gasteiger partial charge in [0.25, 0.3) is 0 Å². The number of aliphatic carboxylic acids is 1. The Morgan fingerprint density at radius 3 is 2.82 bits per heavy atom. The number of hydrogen-bond donors (Lipinski definition) is 1. The van der Waals surface area contributed by atoms with Gasteiger partial charge in [0.1, 0.15) is 0 Å². The minimum Gasteiger partial charge on any atom is -0.481 e. The lowest BCUT2D eigenvalue weighted by atomic mass is 10.1. The van der Waals surface area contributed by atoms with E-state index in [1.54, 1.807) is 0 Å². The summed E-state index contributed by atoms with van der Waals surface area (Å²) in [4.78, 5) is 11.0. The van der Waals surface area contributed by atoms with Crippen LogP contribution >= 0.6 is 15.9 Å². The standard InChI is InChI=1S/C9H10BrNO5S/c1-16-17(14,15)7-4-6(10)8-5(9(12)13)2-3-11(7)8/h4-5H,2-3H2,1H3,(H,12,13). The molecule has 0 aromatic carbocycles. The van der Waals surface area contributed by atoms with Crippen molar-refractivity contribution in [3.05, 3.63) is 16.2 Å². The molecule has 1 aliphatic rings. The lowest BCUT2D eigenvalue weighted by Gasteiger charge is -2.05. The number of halogens is 1. The van der Waals surface area contributed by atoms with E-state index in [1.807, 2.05) is 0 Å². The smallest absolute Gasteiger partial charge is 0.312 e. The van der Waals surface area contributed by atoms with Gasteiger partial charge in [0.15, 0.2) is 5.03 Å². The normalized spacial score (nSPS) is 19.3. The first kappa shape index (κ1) is 12.6. The first-order valence-corrected chi connectivity index (χ1v) is 7.01. The van der Waals surface area contributed by atoms with Gasteiger partial charge >= 0.3 is 16.1 Å². The molecule has 1 N–H and O–H groups in total. The van der Waals surface area contributed by atoms with Crippen LogP contribution in [0.1, 0.15) is 18.0 Å². The molecule has 94 valence electrons. The Morgan fingerprint density at radius 2 is 2.29 bits per heavy atom. The van der Waals surface area contributed by atoms with Crippen LogP contribution in [0.5, 0.6) is 0 Å². The summed E-state index contributed by atoms with van der Waals surface area (Å²) in [6.45, 7) is 0.357. The molecular weight excluding hydrogens is 314 g/mol. The van der Waals surface area contributed by atoms with Crippen LogP contribution in [0.15, 0.2) is 15.6 Å². The maximum Gasteiger partial charge on any atom is 0.312 e. The first-order valence-electron chi connectivity index (χ1n) is 4.81. The minimum atomic E-state index is -3.81. The van der Waals surface area contributed by atoms with Crippen LogP contribution in [-0.2, 0) is 25.6 Å². The molecule has 2 rings (SSSR count). The summed E-state index contributed by atoms with van der Waals surface area (Å²) in [5, 5.41) is 9.03. The van der Waals surface area contributed by atoms with Crippen LogP contribution in [0.4, 0.5) is 0 Å². The Hall–Kier alpha value is -0.860. The first-order chi connectivity index (χ1) is 7.88. The van der Waals surface area contributed by atoms with Gasteiger partial charge in [-0.05, 0) is 28.4 Å². The Balaban J connectivity index is 2.60. The van der Waals surface area contributed by atoms with E-state index in [1.165, 1.54) is 10.6 Å². The van der Waals surface area contributed by atoms with Crippen molar-refractivity contribution in [2.75, 3.05) is 7.11 Å². The van der Waals surface area contributed by atoms with E-state index in [0.717, 1.165) is 7.11 Å². The van der Waals surface area contributed by atoms with E-state index in [0.29, 0.717) is 23.1 Å². The molecular formula is C9H10BrNO5S. The van der Waals surface area contributed by atoms with Crippen molar-refractivity contribution in [2.24, 2.45) is 0 Å². The predicted octanol–water partition coefficient (Wildman–Crippen LogP) is 1.16. The molecule has 0 amide bonds. The van der Waals surface area contributed by atoms with Crippen LogP contribution in [-0.4, -0.2) is 31.2 Å². The van der Waals surface area contributed by atoms with E-state index in [-0.39, 0.29) is 5.03 Å². The van der Waals surface area contributed by atoms with Crippen LogP contribution in [0, 0.1) is 0 Å². The Bertz CT molecular complexity index is 576. The van der Waals surface area contributed by atoms with Crippen molar-refractivity contribution in [1.29, 1.82) is 0 Å².